The van der Waals surface area contributed by atoms with Crippen LogP contribution in [0.25, 0.3) is 11.1 Å². The van der Waals surface area contributed by atoms with Gasteiger partial charge in [0.15, 0.2) is 0 Å². The molecule has 3 N–H and O–H groups in total. The fourth-order valence-corrected chi connectivity index (χ4v) is 2.54. The van der Waals surface area contributed by atoms with Crippen molar-refractivity contribution in [2.45, 2.75) is 19.4 Å². The topological polar surface area (TPSA) is 75.4 Å². The summed E-state index contributed by atoms with van der Waals surface area (Å²) in [6.07, 6.45) is 0.226. The number of nitrogens with two attached hydrogens (primary N) is 1. The van der Waals surface area contributed by atoms with Gasteiger partial charge in [-0.2, -0.15) is 0 Å². The molecule has 0 spiro atoms. The van der Waals surface area contributed by atoms with Gasteiger partial charge in [0, 0.05) is 5.56 Å². The summed E-state index contributed by atoms with van der Waals surface area (Å²) in [6, 6.07) is 14.6. The maximum absolute atomic E-state index is 12.6. The highest BCUT2D eigenvalue weighted by Gasteiger charge is 2.27. The lowest BCUT2D eigenvalue weighted by atomic mass is 9.98. The van der Waals surface area contributed by atoms with Gasteiger partial charge in [0.25, 0.3) is 5.91 Å². The molecular formula is C17H18ClN3O2. The third-order valence-electron chi connectivity index (χ3n) is 3.68. The predicted octanol–water partition coefficient (Wildman–Crippen LogP) is 2.04. The van der Waals surface area contributed by atoms with E-state index in [1.54, 1.807) is 6.92 Å². The first-order valence-corrected chi connectivity index (χ1v) is 7.14. The summed E-state index contributed by atoms with van der Waals surface area (Å²) in [7, 11) is 0. The van der Waals surface area contributed by atoms with Gasteiger partial charge in [-0.05, 0) is 24.1 Å². The van der Waals surface area contributed by atoms with Gasteiger partial charge in [0.05, 0.1) is 18.2 Å². The van der Waals surface area contributed by atoms with Crippen molar-refractivity contribution < 1.29 is 9.59 Å². The fraction of sp³-hybridized carbons (Fsp3) is 0.176. The minimum absolute atomic E-state index is 0. The van der Waals surface area contributed by atoms with Crippen LogP contribution in [0, 0.1) is 0 Å². The van der Waals surface area contributed by atoms with Crippen LogP contribution in [-0.2, 0) is 16.0 Å². The van der Waals surface area contributed by atoms with Crippen LogP contribution in [0.5, 0.6) is 0 Å². The third kappa shape index (κ3) is 3.21. The Bertz CT molecular complexity index is 746. The van der Waals surface area contributed by atoms with Crippen LogP contribution in [0.3, 0.4) is 0 Å². The molecule has 120 valence electrons. The zero-order chi connectivity index (χ0) is 15.7. The van der Waals surface area contributed by atoms with Gasteiger partial charge in [-0.3, -0.25) is 15.0 Å². The highest BCUT2D eigenvalue weighted by atomic mass is 35.5. The molecule has 0 saturated heterocycles. The van der Waals surface area contributed by atoms with Gasteiger partial charge in [-0.1, -0.05) is 42.5 Å². The number of hydrazine groups is 1. The molecule has 1 atom stereocenters. The Balaban J connectivity index is 0.00000192. The number of halogens is 1. The van der Waals surface area contributed by atoms with Gasteiger partial charge in [-0.15, -0.1) is 12.4 Å². The highest BCUT2D eigenvalue weighted by Crippen LogP contribution is 2.35. The zero-order valence-electron chi connectivity index (χ0n) is 12.7. The van der Waals surface area contributed by atoms with Gasteiger partial charge >= 0.3 is 0 Å². The molecule has 0 aliphatic carbocycles. The van der Waals surface area contributed by atoms with Gasteiger partial charge in [0.2, 0.25) is 5.91 Å². The minimum Gasteiger partial charge on any atom is -0.320 e. The molecule has 0 bridgehead atoms. The van der Waals surface area contributed by atoms with Crippen molar-refractivity contribution >= 4 is 29.9 Å². The standard InChI is InChI=1S/C17H17N3O2.ClH/c1-11(18)17(22)19-20-15-9-5-4-8-14(15)13-7-3-2-6-12(13)10-16(20)21;/h2-9,11H,10,18H2,1H3,(H,19,22);1H/t11-;/m0./s1. The summed E-state index contributed by atoms with van der Waals surface area (Å²) in [5.41, 5.74) is 11.7. The molecule has 0 aromatic heterocycles. The molecule has 6 heteroatoms. The number of nitrogens with zero attached hydrogens (tertiary/aromatic N) is 1. The number of carbonyl (C=O) groups excluding carboxylic acids is 2. The molecule has 0 saturated carbocycles. The first-order chi connectivity index (χ1) is 10.6. The quantitative estimate of drug-likeness (QED) is 0.884. The van der Waals surface area contributed by atoms with Crippen LogP contribution in [0.4, 0.5) is 5.69 Å². The Morgan fingerprint density at radius 2 is 1.74 bits per heavy atom. The monoisotopic (exact) mass is 331 g/mol. The van der Waals surface area contributed by atoms with E-state index in [9.17, 15) is 9.59 Å². The van der Waals surface area contributed by atoms with Crippen molar-refractivity contribution in [3.8, 4) is 11.1 Å². The van der Waals surface area contributed by atoms with Crippen molar-refractivity contribution in [3.63, 3.8) is 0 Å². The molecule has 5 nitrogen and oxygen atoms in total. The summed E-state index contributed by atoms with van der Waals surface area (Å²) in [5.74, 6) is -0.583. The Morgan fingerprint density at radius 3 is 2.43 bits per heavy atom. The van der Waals surface area contributed by atoms with Crippen LogP contribution >= 0.6 is 12.4 Å². The summed E-state index contributed by atoms with van der Waals surface area (Å²) in [5, 5.41) is 1.31. The summed E-state index contributed by atoms with van der Waals surface area (Å²) in [6.45, 7) is 1.58. The second-order valence-corrected chi connectivity index (χ2v) is 5.34. The van der Waals surface area contributed by atoms with E-state index in [-0.39, 0.29) is 24.7 Å². The molecular weight excluding hydrogens is 314 g/mol. The average molecular weight is 332 g/mol. The van der Waals surface area contributed by atoms with Crippen molar-refractivity contribution in [2.75, 3.05) is 5.01 Å². The SMILES string of the molecule is C[C@H](N)C(=O)NN1C(=O)Cc2ccccc2-c2ccccc21.Cl. The normalized spacial score (nSPS) is 14.0. The number of anilines is 1. The highest BCUT2D eigenvalue weighted by molar-refractivity contribution is 6.04. The number of hydrogen-bond acceptors (Lipinski definition) is 3. The molecule has 23 heavy (non-hydrogen) atoms. The molecule has 0 fully saturated rings. The van der Waals surface area contributed by atoms with Crippen molar-refractivity contribution in [3.05, 3.63) is 54.1 Å². The summed E-state index contributed by atoms with van der Waals surface area (Å²) >= 11 is 0. The lowest BCUT2D eigenvalue weighted by Gasteiger charge is -2.24. The average Bonchev–Trinajstić information content (AvgIpc) is 2.63. The Morgan fingerprint density at radius 1 is 1.13 bits per heavy atom. The number of fused-ring (bicyclic) bond motifs is 3. The van der Waals surface area contributed by atoms with E-state index in [1.807, 2.05) is 48.5 Å². The number of rotatable bonds is 2. The number of carbonyl (C=O) groups is 2. The number of nitrogens with one attached hydrogen (secondary N) is 1. The maximum atomic E-state index is 12.6. The van der Waals surface area contributed by atoms with E-state index in [4.69, 9.17) is 5.73 Å². The van der Waals surface area contributed by atoms with Crippen LogP contribution in [-0.4, -0.2) is 17.9 Å². The van der Waals surface area contributed by atoms with Gasteiger partial charge in [0.1, 0.15) is 0 Å². The van der Waals surface area contributed by atoms with E-state index in [1.165, 1.54) is 5.01 Å². The molecule has 1 aliphatic heterocycles. The largest absolute Gasteiger partial charge is 0.320 e. The Hall–Kier alpha value is -2.37. The van der Waals surface area contributed by atoms with E-state index < -0.39 is 11.9 Å². The molecule has 2 amide bonds. The molecule has 2 aromatic carbocycles. The van der Waals surface area contributed by atoms with E-state index in [0.29, 0.717) is 5.69 Å². The van der Waals surface area contributed by atoms with Crippen LogP contribution in [0.1, 0.15) is 12.5 Å². The molecule has 0 radical (unpaired) electrons. The van der Waals surface area contributed by atoms with Crippen LogP contribution in [0.2, 0.25) is 0 Å². The first kappa shape index (κ1) is 17.0. The maximum Gasteiger partial charge on any atom is 0.255 e. The Kier molecular flexibility index (Phi) is 5.03. The molecule has 0 unspecified atom stereocenters. The van der Waals surface area contributed by atoms with Gasteiger partial charge in [-0.25, -0.2) is 5.01 Å². The second-order valence-electron chi connectivity index (χ2n) is 5.34. The van der Waals surface area contributed by atoms with E-state index in [2.05, 4.69) is 5.43 Å². The number of benzene rings is 2. The Labute approximate surface area is 140 Å². The fourth-order valence-electron chi connectivity index (χ4n) is 2.54. The van der Waals surface area contributed by atoms with Crippen molar-refractivity contribution in [1.29, 1.82) is 0 Å². The second kappa shape index (κ2) is 6.81. The smallest absolute Gasteiger partial charge is 0.255 e. The predicted molar refractivity (Wildman–Crippen MR) is 92.1 cm³/mol. The number of amides is 2. The van der Waals surface area contributed by atoms with Crippen LogP contribution < -0.4 is 16.2 Å². The van der Waals surface area contributed by atoms with E-state index in [0.717, 1.165) is 16.7 Å². The third-order valence-corrected chi connectivity index (χ3v) is 3.68. The molecule has 3 rings (SSSR count). The summed E-state index contributed by atoms with van der Waals surface area (Å²) in [4.78, 5) is 24.5. The number of para-hydroxylation sites is 1. The van der Waals surface area contributed by atoms with E-state index >= 15 is 0 Å². The van der Waals surface area contributed by atoms with Crippen molar-refractivity contribution in [1.82, 2.24) is 5.43 Å². The van der Waals surface area contributed by atoms with Gasteiger partial charge < -0.3 is 5.73 Å². The lowest BCUT2D eigenvalue weighted by Crippen LogP contribution is -2.51. The molecule has 1 heterocycles. The zero-order valence-corrected chi connectivity index (χ0v) is 13.5. The summed E-state index contributed by atoms with van der Waals surface area (Å²) < 4.78 is 0. The van der Waals surface area contributed by atoms with Crippen LogP contribution in [0.15, 0.2) is 48.5 Å². The first-order valence-electron chi connectivity index (χ1n) is 7.14. The molecule has 1 aliphatic rings. The lowest BCUT2D eigenvalue weighted by molar-refractivity contribution is -0.126. The van der Waals surface area contributed by atoms with Crippen molar-refractivity contribution in [2.24, 2.45) is 5.73 Å². The minimum atomic E-state index is -0.689. The molecule has 2 aromatic rings. The number of hydrogen-bond donors (Lipinski definition) is 2.